The predicted octanol–water partition coefficient (Wildman–Crippen LogP) is 5.85. The number of rotatable bonds is 9. The molecule has 3 aromatic rings. The molecule has 1 heterocycles. The zero-order valence-corrected chi connectivity index (χ0v) is 22.4. The predicted molar refractivity (Wildman–Crippen MR) is 146 cm³/mol. The third-order valence-electron chi connectivity index (χ3n) is 6.68. The Morgan fingerprint density at radius 1 is 0.947 bits per heavy atom. The minimum Gasteiger partial charge on any atom is -0.507 e. The van der Waals surface area contributed by atoms with E-state index in [9.17, 15) is 14.7 Å². The van der Waals surface area contributed by atoms with Crippen LogP contribution in [0.1, 0.15) is 55.0 Å². The summed E-state index contributed by atoms with van der Waals surface area (Å²) in [6.07, 6.45) is 0. The van der Waals surface area contributed by atoms with E-state index in [0.717, 1.165) is 11.1 Å². The number of hydrogen-bond donors (Lipinski definition) is 1. The molecule has 7 nitrogen and oxygen atoms in total. The Morgan fingerprint density at radius 2 is 1.68 bits per heavy atom. The molecular weight excluding hydrogens is 482 g/mol. The number of hydrogen-bond acceptors (Lipinski definition) is 6. The summed E-state index contributed by atoms with van der Waals surface area (Å²) in [5, 5.41) is 11.6. The fourth-order valence-electron chi connectivity index (χ4n) is 4.84. The average molecular weight is 516 g/mol. The second-order valence-electron chi connectivity index (χ2n) is 9.36. The lowest BCUT2D eigenvalue weighted by atomic mass is 9.93. The zero-order chi connectivity index (χ0) is 27.4. The maximum absolute atomic E-state index is 13.5. The number of carbonyl (C=O) groups excluding carboxylic acids is 2. The third-order valence-corrected chi connectivity index (χ3v) is 6.68. The molecule has 1 saturated heterocycles. The van der Waals surface area contributed by atoms with Crippen molar-refractivity contribution in [2.75, 3.05) is 20.8 Å². The number of aliphatic hydroxyl groups excluding tert-OH is 1. The molecule has 1 unspecified atom stereocenters. The molecule has 0 aromatic heterocycles. The number of ketones is 1. The molecule has 0 saturated carbocycles. The molecule has 198 valence electrons. The smallest absolute Gasteiger partial charge is 0.295 e. The second kappa shape index (κ2) is 11.4. The number of Topliss-reactive ketones (excluding diaryl/α,β-unsaturated/α-hetero) is 1. The van der Waals surface area contributed by atoms with Crippen molar-refractivity contribution >= 4 is 17.4 Å². The molecule has 1 amide bonds. The Balaban J connectivity index is 1.90. The standard InChI is InChI=1S/C31H33NO6/c1-6-38-23-12-9-11-20(16-23)28-27(29(33)21-14-15-26(37-5)24(17-21)19(2)3)30(34)31(35)32(28)18-22-10-7-8-13-25(22)36-4/h7-17,19,28,33H,6,18H2,1-5H3/b29-27+. The lowest BCUT2D eigenvalue weighted by Crippen LogP contribution is -2.29. The third kappa shape index (κ3) is 5.09. The Hall–Kier alpha value is -4.26. The van der Waals surface area contributed by atoms with Gasteiger partial charge in [0.1, 0.15) is 23.0 Å². The number of likely N-dealkylation sites (tertiary alicyclic amines) is 1. The molecule has 1 aliphatic heterocycles. The highest BCUT2D eigenvalue weighted by Crippen LogP contribution is 2.42. The number of nitrogens with zero attached hydrogens (tertiary/aromatic N) is 1. The number of amides is 1. The van der Waals surface area contributed by atoms with E-state index in [1.54, 1.807) is 44.6 Å². The molecule has 0 bridgehead atoms. The van der Waals surface area contributed by atoms with Crippen molar-refractivity contribution in [3.8, 4) is 17.2 Å². The van der Waals surface area contributed by atoms with Gasteiger partial charge in [0.15, 0.2) is 0 Å². The van der Waals surface area contributed by atoms with Gasteiger partial charge in [-0.3, -0.25) is 9.59 Å². The van der Waals surface area contributed by atoms with E-state index < -0.39 is 17.7 Å². The van der Waals surface area contributed by atoms with Crippen LogP contribution in [0.4, 0.5) is 0 Å². The largest absolute Gasteiger partial charge is 0.507 e. The summed E-state index contributed by atoms with van der Waals surface area (Å²) in [5.74, 6) is 0.348. The minimum absolute atomic E-state index is 0.0263. The number of aliphatic hydroxyl groups is 1. The normalized spacial score (nSPS) is 16.7. The summed E-state index contributed by atoms with van der Waals surface area (Å²) >= 11 is 0. The molecule has 0 radical (unpaired) electrons. The van der Waals surface area contributed by atoms with Crippen LogP contribution in [0, 0.1) is 0 Å². The van der Waals surface area contributed by atoms with Crippen LogP contribution in [-0.2, 0) is 16.1 Å². The number of benzene rings is 3. The van der Waals surface area contributed by atoms with Crippen molar-refractivity contribution in [3.05, 3.63) is 94.6 Å². The highest BCUT2D eigenvalue weighted by Gasteiger charge is 2.46. The lowest BCUT2D eigenvalue weighted by molar-refractivity contribution is -0.140. The number of carbonyl (C=O) groups is 2. The van der Waals surface area contributed by atoms with Crippen molar-refractivity contribution in [1.29, 1.82) is 0 Å². The van der Waals surface area contributed by atoms with Crippen LogP contribution in [-0.4, -0.2) is 42.5 Å². The van der Waals surface area contributed by atoms with E-state index >= 15 is 0 Å². The van der Waals surface area contributed by atoms with Crippen molar-refractivity contribution in [2.45, 2.75) is 39.3 Å². The molecule has 1 aliphatic rings. The van der Waals surface area contributed by atoms with Crippen molar-refractivity contribution in [1.82, 2.24) is 4.90 Å². The van der Waals surface area contributed by atoms with Gasteiger partial charge in [-0.1, -0.05) is 44.2 Å². The van der Waals surface area contributed by atoms with Gasteiger partial charge >= 0.3 is 0 Å². The number of ether oxygens (including phenoxy) is 3. The van der Waals surface area contributed by atoms with E-state index in [-0.39, 0.29) is 23.8 Å². The zero-order valence-electron chi connectivity index (χ0n) is 22.4. The Kier molecular flexibility index (Phi) is 8.05. The van der Waals surface area contributed by atoms with Gasteiger partial charge in [-0.2, -0.15) is 0 Å². The first kappa shape index (κ1) is 26.8. The van der Waals surface area contributed by atoms with Gasteiger partial charge in [0, 0.05) is 11.1 Å². The fourth-order valence-corrected chi connectivity index (χ4v) is 4.84. The fraction of sp³-hybridized carbons (Fsp3) is 0.290. The molecule has 0 spiro atoms. The molecular formula is C31H33NO6. The minimum atomic E-state index is -0.829. The molecule has 3 aromatic carbocycles. The van der Waals surface area contributed by atoms with Crippen molar-refractivity contribution in [2.24, 2.45) is 0 Å². The van der Waals surface area contributed by atoms with Crippen molar-refractivity contribution < 1.29 is 28.9 Å². The van der Waals surface area contributed by atoms with Crippen LogP contribution >= 0.6 is 0 Å². The Bertz CT molecular complexity index is 1380. The van der Waals surface area contributed by atoms with Gasteiger partial charge in [0.2, 0.25) is 0 Å². The summed E-state index contributed by atoms with van der Waals surface area (Å²) in [7, 11) is 3.15. The number of para-hydroxylation sites is 1. The van der Waals surface area contributed by atoms with Crippen LogP contribution in [0.25, 0.3) is 5.76 Å². The van der Waals surface area contributed by atoms with Gasteiger partial charge in [-0.25, -0.2) is 0 Å². The lowest BCUT2D eigenvalue weighted by Gasteiger charge is -2.26. The molecule has 0 aliphatic carbocycles. The van der Waals surface area contributed by atoms with Crippen LogP contribution in [0.15, 0.2) is 72.3 Å². The van der Waals surface area contributed by atoms with E-state index in [1.165, 1.54) is 4.90 Å². The molecule has 1 fully saturated rings. The monoisotopic (exact) mass is 515 g/mol. The number of methoxy groups -OCH3 is 2. The quantitative estimate of drug-likeness (QED) is 0.219. The van der Waals surface area contributed by atoms with Gasteiger partial charge in [-0.05, 0) is 60.4 Å². The first-order valence-electron chi connectivity index (χ1n) is 12.6. The van der Waals surface area contributed by atoms with Crippen LogP contribution in [0.5, 0.6) is 17.2 Å². The highest BCUT2D eigenvalue weighted by atomic mass is 16.5. The van der Waals surface area contributed by atoms with Crippen LogP contribution in [0.3, 0.4) is 0 Å². The molecule has 38 heavy (non-hydrogen) atoms. The van der Waals surface area contributed by atoms with Gasteiger partial charge in [0.05, 0.1) is 39.0 Å². The molecule has 1 N–H and O–H groups in total. The topological polar surface area (TPSA) is 85.3 Å². The maximum atomic E-state index is 13.5. The highest BCUT2D eigenvalue weighted by molar-refractivity contribution is 6.46. The molecule has 7 heteroatoms. The Morgan fingerprint density at radius 3 is 2.37 bits per heavy atom. The first-order valence-corrected chi connectivity index (χ1v) is 12.6. The molecule has 4 rings (SSSR count). The van der Waals surface area contributed by atoms with Crippen molar-refractivity contribution in [3.63, 3.8) is 0 Å². The van der Waals surface area contributed by atoms with Gasteiger partial charge in [-0.15, -0.1) is 0 Å². The van der Waals surface area contributed by atoms with Crippen LogP contribution in [0.2, 0.25) is 0 Å². The van der Waals surface area contributed by atoms with E-state index in [0.29, 0.717) is 35.0 Å². The van der Waals surface area contributed by atoms with E-state index in [2.05, 4.69) is 0 Å². The maximum Gasteiger partial charge on any atom is 0.295 e. The van der Waals surface area contributed by atoms with E-state index in [1.807, 2.05) is 57.2 Å². The summed E-state index contributed by atoms with van der Waals surface area (Å²) in [4.78, 5) is 28.5. The summed E-state index contributed by atoms with van der Waals surface area (Å²) in [6, 6.07) is 19.0. The van der Waals surface area contributed by atoms with Crippen LogP contribution < -0.4 is 14.2 Å². The second-order valence-corrected chi connectivity index (χ2v) is 9.36. The SMILES string of the molecule is CCOc1cccc(C2/C(=C(\O)c3ccc(OC)c(C(C)C)c3)C(=O)C(=O)N2Cc2ccccc2OC)c1. The molecule has 1 atom stereocenters. The summed E-state index contributed by atoms with van der Waals surface area (Å²) < 4.78 is 16.7. The summed E-state index contributed by atoms with van der Waals surface area (Å²) in [6.45, 7) is 6.51. The Labute approximate surface area is 223 Å². The van der Waals surface area contributed by atoms with Gasteiger partial charge < -0.3 is 24.2 Å². The average Bonchev–Trinajstić information content (AvgIpc) is 3.17. The van der Waals surface area contributed by atoms with Gasteiger partial charge in [0.25, 0.3) is 11.7 Å². The summed E-state index contributed by atoms with van der Waals surface area (Å²) in [5.41, 5.74) is 2.75. The van der Waals surface area contributed by atoms with E-state index in [4.69, 9.17) is 14.2 Å². The first-order chi connectivity index (χ1) is 18.3.